The molecule has 0 aliphatic carbocycles. The van der Waals surface area contributed by atoms with Crippen molar-refractivity contribution in [2.75, 3.05) is 12.0 Å². The Hall–Kier alpha value is -1.31. The zero-order valence-corrected chi connectivity index (χ0v) is 10.9. The third-order valence-electron chi connectivity index (χ3n) is 3.06. The standard InChI is InChI=1S/C11H15N5OS/c1-7-8(2-5-17-7)18-11-10-13-3-4-16(10)6-9(14-11)15-12/h3-4,6-8,15H,2,5,12H2,1H3. The van der Waals surface area contributed by atoms with Gasteiger partial charge in [0, 0.05) is 24.3 Å². The number of rotatable bonds is 3. The molecule has 0 bridgehead atoms. The number of aromatic nitrogens is 3. The monoisotopic (exact) mass is 265 g/mol. The van der Waals surface area contributed by atoms with Crippen molar-refractivity contribution in [3.05, 3.63) is 18.6 Å². The predicted molar refractivity (Wildman–Crippen MR) is 70.5 cm³/mol. The van der Waals surface area contributed by atoms with Gasteiger partial charge in [0.05, 0.1) is 12.3 Å². The van der Waals surface area contributed by atoms with Gasteiger partial charge in [0.2, 0.25) is 0 Å². The molecule has 0 aromatic carbocycles. The molecule has 3 rings (SSSR count). The van der Waals surface area contributed by atoms with Crippen LogP contribution in [0.15, 0.2) is 23.6 Å². The average molecular weight is 265 g/mol. The van der Waals surface area contributed by atoms with E-state index in [1.165, 1.54) is 0 Å². The van der Waals surface area contributed by atoms with Crippen LogP contribution in [0.3, 0.4) is 0 Å². The fraction of sp³-hybridized carbons (Fsp3) is 0.455. The highest BCUT2D eigenvalue weighted by atomic mass is 32.2. The summed E-state index contributed by atoms with van der Waals surface area (Å²) in [4.78, 5) is 8.81. The molecular formula is C11H15N5OS. The van der Waals surface area contributed by atoms with Crippen molar-refractivity contribution >= 4 is 23.2 Å². The summed E-state index contributed by atoms with van der Waals surface area (Å²) in [5.41, 5.74) is 3.44. The van der Waals surface area contributed by atoms with Crippen LogP contribution in [0.1, 0.15) is 13.3 Å². The Morgan fingerprint density at radius 2 is 2.50 bits per heavy atom. The SMILES string of the molecule is CC1OCCC1Sc1nc(NN)cn2ccnc12. The van der Waals surface area contributed by atoms with Crippen LogP contribution < -0.4 is 11.3 Å². The molecule has 1 saturated heterocycles. The van der Waals surface area contributed by atoms with Crippen molar-refractivity contribution in [3.63, 3.8) is 0 Å². The van der Waals surface area contributed by atoms with Crippen molar-refractivity contribution in [3.8, 4) is 0 Å². The van der Waals surface area contributed by atoms with Gasteiger partial charge in [0.1, 0.15) is 5.03 Å². The number of anilines is 1. The maximum atomic E-state index is 5.57. The Morgan fingerprint density at radius 3 is 3.22 bits per heavy atom. The first kappa shape index (κ1) is 11.8. The van der Waals surface area contributed by atoms with Crippen LogP contribution in [0.4, 0.5) is 5.82 Å². The fourth-order valence-electron chi connectivity index (χ4n) is 2.06. The molecular weight excluding hydrogens is 250 g/mol. The molecule has 1 aliphatic rings. The number of nitrogens with one attached hydrogen (secondary N) is 1. The van der Waals surface area contributed by atoms with E-state index in [2.05, 4.69) is 22.3 Å². The third kappa shape index (κ3) is 2.05. The smallest absolute Gasteiger partial charge is 0.169 e. The van der Waals surface area contributed by atoms with Crippen LogP contribution in [0.2, 0.25) is 0 Å². The Labute approximate surface area is 109 Å². The molecule has 96 valence electrons. The summed E-state index contributed by atoms with van der Waals surface area (Å²) in [7, 11) is 0. The molecule has 18 heavy (non-hydrogen) atoms. The van der Waals surface area contributed by atoms with Crippen molar-refractivity contribution < 1.29 is 4.74 Å². The normalized spacial score (nSPS) is 23.7. The predicted octanol–water partition coefficient (Wildman–Crippen LogP) is 1.28. The van der Waals surface area contributed by atoms with Gasteiger partial charge in [-0.3, -0.25) is 0 Å². The van der Waals surface area contributed by atoms with Crippen LogP contribution >= 0.6 is 11.8 Å². The van der Waals surface area contributed by atoms with Gasteiger partial charge in [-0.2, -0.15) is 0 Å². The maximum absolute atomic E-state index is 5.57. The number of nitrogens with zero attached hydrogens (tertiary/aromatic N) is 3. The summed E-state index contributed by atoms with van der Waals surface area (Å²) < 4.78 is 7.49. The van der Waals surface area contributed by atoms with Crippen LogP contribution in [-0.4, -0.2) is 32.3 Å². The van der Waals surface area contributed by atoms with Gasteiger partial charge >= 0.3 is 0 Å². The van der Waals surface area contributed by atoms with Crippen LogP contribution in [0.25, 0.3) is 5.65 Å². The van der Waals surface area contributed by atoms with Crippen molar-refractivity contribution in [2.24, 2.45) is 5.84 Å². The Balaban J connectivity index is 1.96. The Morgan fingerprint density at radius 1 is 1.61 bits per heavy atom. The molecule has 0 saturated carbocycles. The van der Waals surface area contributed by atoms with Gasteiger partial charge in [0.15, 0.2) is 11.5 Å². The summed E-state index contributed by atoms with van der Waals surface area (Å²) in [5, 5.41) is 1.31. The van der Waals surface area contributed by atoms with E-state index >= 15 is 0 Å². The lowest BCUT2D eigenvalue weighted by molar-refractivity contribution is 0.127. The molecule has 2 aromatic rings. The van der Waals surface area contributed by atoms with E-state index in [4.69, 9.17) is 10.6 Å². The lowest BCUT2D eigenvalue weighted by Crippen LogP contribution is -2.15. The van der Waals surface area contributed by atoms with Crippen molar-refractivity contribution in [1.29, 1.82) is 0 Å². The van der Waals surface area contributed by atoms with E-state index < -0.39 is 0 Å². The first-order valence-electron chi connectivity index (χ1n) is 5.86. The molecule has 1 aliphatic heterocycles. The molecule has 0 radical (unpaired) electrons. The summed E-state index contributed by atoms with van der Waals surface area (Å²) >= 11 is 1.71. The van der Waals surface area contributed by atoms with Crippen LogP contribution in [0, 0.1) is 0 Å². The number of fused-ring (bicyclic) bond motifs is 1. The molecule has 7 heteroatoms. The van der Waals surface area contributed by atoms with E-state index in [9.17, 15) is 0 Å². The molecule has 2 atom stereocenters. The number of hydrogen-bond donors (Lipinski definition) is 2. The second kappa shape index (κ2) is 4.75. The second-order valence-corrected chi connectivity index (χ2v) is 5.48. The zero-order chi connectivity index (χ0) is 12.5. The minimum absolute atomic E-state index is 0.251. The van der Waals surface area contributed by atoms with Gasteiger partial charge < -0.3 is 14.6 Å². The number of nitrogens with two attached hydrogens (primary N) is 1. The van der Waals surface area contributed by atoms with Gasteiger partial charge in [-0.05, 0) is 13.3 Å². The summed E-state index contributed by atoms with van der Waals surface area (Å²) in [6, 6.07) is 0. The highest BCUT2D eigenvalue weighted by Gasteiger charge is 2.26. The molecule has 2 aromatic heterocycles. The molecule has 3 N–H and O–H groups in total. The molecule has 3 heterocycles. The summed E-state index contributed by atoms with van der Waals surface area (Å²) in [6.45, 7) is 2.91. The van der Waals surface area contributed by atoms with E-state index in [0.717, 1.165) is 23.7 Å². The number of hydrazine groups is 1. The van der Waals surface area contributed by atoms with Crippen LogP contribution in [-0.2, 0) is 4.74 Å². The minimum Gasteiger partial charge on any atom is -0.377 e. The molecule has 2 unspecified atom stereocenters. The summed E-state index contributed by atoms with van der Waals surface area (Å²) in [5.74, 6) is 6.07. The van der Waals surface area contributed by atoms with Gasteiger partial charge in [0.25, 0.3) is 0 Å². The first-order chi connectivity index (χ1) is 8.78. The van der Waals surface area contributed by atoms with Gasteiger partial charge in [-0.1, -0.05) is 11.8 Å². The Kier molecular flexibility index (Phi) is 3.11. The van der Waals surface area contributed by atoms with E-state index in [1.54, 1.807) is 18.0 Å². The molecule has 0 spiro atoms. The van der Waals surface area contributed by atoms with Gasteiger partial charge in [-0.25, -0.2) is 15.8 Å². The van der Waals surface area contributed by atoms with Gasteiger partial charge in [-0.15, -0.1) is 0 Å². The molecule has 0 amide bonds. The lowest BCUT2D eigenvalue weighted by Gasteiger charge is -2.14. The molecule has 1 fully saturated rings. The highest BCUT2D eigenvalue weighted by Crippen LogP contribution is 2.33. The maximum Gasteiger partial charge on any atom is 0.169 e. The average Bonchev–Trinajstić information content (AvgIpc) is 2.98. The van der Waals surface area contributed by atoms with Crippen molar-refractivity contribution in [1.82, 2.24) is 14.4 Å². The number of imidazole rings is 1. The molecule has 6 nitrogen and oxygen atoms in total. The largest absolute Gasteiger partial charge is 0.377 e. The number of nitrogen functional groups attached to an aromatic ring is 1. The van der Waals surface area contributed by atoms with Crippen LogP contribution in [0.5, 0.6) is 0 Å². The minimum atomic E-state index is 0.251. The third-order valence-corrected chi connectivity index (χ3v) is 4.48. The van der Waals surface area contributed by atoms with E-state index in [0.29, 0.717) is 11.1 Å². The Bertz CT molecular complexity index is 557. The van der Waals surface area contributed by atoms with E-state index in [-0.39, 0.29) is 6.10 Å². The highest BCUT2D eigenvalue weighted by molar-refractivity contribution is 8.00. The van der Waals surface area contributed by atoms with E-state index in [1.807, 2.05) is 16.8 Å². The second-order valence-electron chi connectivity index (χ2n) is 4.25. The summed E-state index contributed by atoms with van der Waals surface area (Å²) in [6.07, 6.45) is 6.76. The fourth-order valence-corrected chi connectivity index (χ4v) is 3.25. The number of hydrogen-bond acceptors (Lipinski definition) is 6. The topological polar surface area (TPSA) is 77.5 Å². The first-order valence-corrected chi connectivity index (χ1v) is 6.74. The number of ether oxygens (including phenoxy) is 1. The quantitative estimate of drug-likeness (QED) is 0.643. The number of thioether (sulfide) groups is 1. The zero-order valence-electron chi connectivity index (χ0n) is 10.0. The van der Waals surface area contributed by atoms with Crippen molar-refractivity contribution in [2.45, 2.75) is 29.7 Å². The lowest BCUT2D eigenvalue weighted by atomic mass is 10.3.